The normalized spacial score (nSPS) is 13.9. The van der Waals surface area contributed by atoms with Crippen LogP contribution in [0.15, 0.2) is 23.7 Å². The second-order valence-electron chi connectivity index (χ2n) is 3.74. The van der Waals surface area contributed by atoms with Crippen molar-refractivity contribution < 1.29 is 72.5 Å². The summed E-state index contributed by atoms with van der Waals surface area (Å²) in [5, 5.41) is 19.6. The minimum absolute atomic E-state index is 0. The first-order valence-corrected chi connectivity index (χ1v) is 5.24. The van der Waals surface area contributed by atoms with Crippen molar-refractivity contribution in [1.29, 1.82) is 0 Å². The molecule has 17 heteroatoms. The van der Waals surface area contributed by atoms with Gasteiger partial charge in [-0.05, 0) is 23.7 Å². The molecule has 0 spiro atoms. The summed E-state index contributed by atoms with van der Waals surface area (Å²) in [7, 11) is 0. The molecule has 152 valence electrons. The van der Waals surface area contributed by atoms with Gasteiger partial charge in [0, 0.05) is 0 Å². The molecule has 0 aliphatic heterocycles. The summed E-state index contributed by atoms with van der Waals surface area (Å²) in [5.41, 5.74) is 0. The molecule has 0 N–H and O–H groups in total. The molecule has 4 nitrogen and oxygen atoms in total. The molecule has 0 aromatic rings. The Bertz CT molecular complexity index is 527. The Morgan fingerprint density at radius 3 is 0.815 bits per heavy atom. The van der Waals surface area contributed by atoms with Gasteiger partial charge < -0.3 is 10.2 Å². The van der Waals surface area contributed by atoms with Gasteiger partial charge in [-0.3, -0.25) is 9.59 Å². The van der Waals surface area contributed by atoms with Crippen molar-refractivity contribution >= 4 is 60.4 Å². The summed E-state index contributed by atoms with van der Waals surface area (Å²) >= 11 is 0. The molecule has 0 unspecified atom stereocenters. The summed E-state index contributed by atoms with van der Waals surface area (Å²) in [6.45, 7) is 0. The van der Waals surface area contributed by atoms with E-state index in [2.05, 4.69) is 0 Å². The van der Waals surface area contributed by atoms with Gasteiger partial charge in [-0.1, -0.05) is 0 Å². The summed E-state index contributed by atoms with van der Waals surface area (Å²) in [4.78, 5) is 19.6. The number of carbonyl (C=O) groups excluding carboxylic acids is 2. The molecule has 0 aromatic heterocycles. The van der Waals surface area contributed by atoms with Gasteiger partial charge in [0.2, 0.25) is 0 Å². The van der Waals surface area contributed by atoms with E-state index in [-0.39, 0.29) is 48.9 Å². The maximum atomic E-state index is 11.3. The zero-order chi connectivity index (χ0) is 21.7. The fourth-order valence-electron chi connectivity index (χ4n) is 0.565. The van der Waals surface area contributed by atoms with Gasteiger partial charge in [0.15, 0.2) is 0 Å². The van der Waals surface area contributed by atoms with E-state index < -0.39 is 59.9 Å². The fourth-order valence-corrected chi connectivity index (χ4v) is 0.565. The monoisotopic (exact) mass is 552 g/mol. The minimum Gasteiger partial charge on any atom is -0.869 e. The second-order valence-corrected chi connectivity index (χ2v) is 3.74. The van der Waals surface area contributed by atoms with Crippen LogP contribution in [0.5, 0.6) is 0 Å². The standard InChI is InChI=1S/2C5H2F6O2.Ba/c2*6-4(7,8)2(12)1-3(13)5(9,10)11;/h2*1,12H;/q;;+2/p-2/b2*2-1-;. The van der Waals surface area contributed by atoms with Crippen LogP contribution in [0.4, 0.5) is 52.7 Å². The van der Waals surface area contributed by atoms with E-state index >= 15 is 0 Å². The van der Waals surface area contributed by atoms with Crippen LogP contribution < -0.4 is 10.2 Å². The predicted molar refractivity (Wildman–Crippen MR) is 56.2 cm³/mol. The average Bonchev–Trinajstić information content (AvgIpc) is 2.34. The molecule has 0 aromatic carbocycles. The van der Waals surface area contributed by atoms with Crippen LogP contribution in [0.2, 0.25) is 0 Å². The van der Waals surface area contributed by atoms with E-state index in [0.29, 0.717) is 0 Å². The summed E-state index contributed by atoms with van der Waals surface area (Å²) in [6, 6.07) is 0. The molecule has 0 amide bonds. The molecule has 0 bridgehead atoms. The van der Waals surface area contributed by atoms with Crippen molar-refractivity contribution in [3.8, 4) is 0 Å². The van der Waals surface area contributed by atoms with Crippen LogP contribution >= 0.6 is 0 Å². The van der Waals surface area contributed by atoms with Crippen molar-refractivity contribution in [2.45, 2.75) is 24.7 Å². The average molecular weight is 551 g/mol. The Hall–Kier alpha value is -0.849. The number of allylic oxidation sites excluding steroid dienone is 4. The van der Waals surface area contributed by atoms with Gasteiger partial charge in [0.05, 0.1) is 0 Å². The van der Waals surface area contributed by atoms with Crippen molar-refractivity contribution in [3.05, 3.63) is 23.7 Å². The first-order valence-electron chi connectivity index (χ1n) is 5.24. The number of hydrogen-bond acceptors (Lipinski definition) is 4. The molecule has 0 atom stereocenters. The zero-order valence-electron chi connectivity index (χ0n) is 12.0. The van der Waals surface area contributed by atoms with Crippen LogP contribution in [-0.2, 0) is 9.59 Å². The summed E-state index contributed by atoms with van der Waals surface area (Å²) < 4.78 is 136. The Balaban J connectivity index is -0.000000411. The topological polar surface area (TPSA) is 80.3 Å². The molecule has 0 radical (unpaired) electrons. The first-order chi connectivity index (χ1) is 11.1. The number of alkyl halides is 12. The van der Waals surface area contributed by atoms with Crippen LogP contribution in [0.3, 0.4) is 0 Å². The largest absolute Gasteiger partial charge is 2.00 e. The maximum absolute atomic E-state index is 11.3. The van der Waals surface area contributed by atoms with Crippen molar-refractivity contribution in [2.24, 2.45) is 0 Å². The summed E-state index contributed by atoms with van der Waals surface area (Å²) in [6.07, 6.45) is -23.9. The molecule has 0 fully saturated rings. The van der Waals surface area contributed by atoms with Crippen LogP contribution in [0.1, 0.15) is 0 Å². The molecule has 0 saturated carbocycles. The molecule has 0 saturated heterocycles. The Labute approximate surface area is 180 Å². The molecule has 0 aliphatic rings. The van der Waals surface area contributed by atoms with E-state index in [1.807, 2.05) is 0 Å². The molecule has 0 aliphatic carbocycles. The van der Waals surface area contributed by atoms with Gasteiger partial charge in [-0.25, -0.2) is 0 Å². The molecular weight excluding hydrogens is 549 g/mol. The van der Waals surface area contributed by atoms with E-state index in [4.69, 9.17) is 0 Å². The van der Waals surface area contributed by atoms with E-state index in [9.17, 15) is 72.5 Å². The predicted octanol–water partition coefficient (Wildman–Crippen LogP) is 1.47. The number of hydrogen-bond donors (Lipinski definition) is 0. The second kappa shape index (κ2) is 10.6. The van der Waals surface area contributed by atoms with E-state index in [1.54, 1.807) is 0 Å². The molecule has 27 heavy (non-hydrogen) atoms. The van der Waals surface area contributed by atoms with Crippen LogP contribution in [-0.4, -0.2) is 85.2 Å². The van der Waals surface area contributed by atoms with Gasteiger partial charge in [0.25, 0.3) is 11.6 Å². The molecular formula is C10H2BaF12O4. The Kier molecular flexibility index (Phi) is 12.2. The van der Waals surface area contributed by atoms with Gasteiger partial charge in [-0.15, -0.1) is 0 Å². The number of ketones is 2. The van der Waals surface area contributed by atoms with Crippen molar-refractivity contribution in [1.82, 2.24) is 0 Å². The first kappa shape index (κ1) is 30.9. The van der Waals surface area contributed by atoms with Crippen molar-refractivity contribution in [3.63, 3.8) is 0 Å². The SMILES string of the molecule is O=C(/C=C(\[O-])C(F)(F)F)C(F)(F)F.O=C(/C=C(\[O-])C(F)(F)F)C(F)(F)F.[Ba+2]. The maximum Gasteiger partial charge on any atom is 2.00 e. The van der Waals surface area contributed by atoms with E-state index in [0.717, 1.165) is 0 Å². The van der Waals surface area contributed by atoms with Gasteiger partial charge in [0.1, 0.15) is 0 Å². The fraction of sp³-hybridized carbons (Fsp3) is 0.400. The quantitative estimate of drug-likeness (QED) is 0.226. The van der Waals surface area contributed by atoms with Crippen LogP contribution in [0, 0.1) is 0 Å². The zero-order valence-corrected chi connectivity index (χ0v) is 16.5. The van der Waals surface area contributed by atoms with E-state index in [1.165, 1.54) is 0 Å². The smallest absolute Gasteiger partial charge is 0.869 e. The molecule has 0 heterocycles. The Morgan fingerprint density at radius 2 is 0.704 bits per heavy atom. The Morgan fingerprint density at radius 1 is 0.519 bits per heavy atom. The third-order valence-electron chi connectivity index (χ3n) is 1.64. The van der Waals surface area contributed by atoms with Gasteiger partial charge in [-0.2, -0.15) is 52.7 Å². The summed E-state index contributed by atoms with van der Waals surface area (Å²) in [5.74, 6) is -11.3. The number of halogens is 12. The molecule has 0 rings (SSSR count). The third kappa shape index (κ3) is 13.9. The minimum atomic E-state index is -5.46. The van der Waals surface area contributed by atoms with Gasteiger partial charge >= 0.3 is 73.6 Å². The van der Waals surface area contributed by atoms with Crippen LogP contribution in [0.25, 0.3) is 0 Å². The number of rotatable bonds is 2. The van der Waals surface area contributed by atoms with Crippen molar-refractivity contribution in [2.75, 3.05) is 0 Å². The third-order valence-corrected chi connectivity index (χ3v) is 1.64. The number of carbonyl (C=O) groups is 2.